The van der Waals surface area contributed by atoms with Gasteiger partial charge in [0, 0.05) is 56.4 Å². The topological polar surface area (TPSA) is 13.0 Å². The Morgan fingerprint density at radius 3 is 0.462 bits per heavy atom. The molecular formula is C12H24Mn2N4S8. The predicted octanol–water partition coefficient (Wildman–Crippen LogP) is 1.51. The standard InChI is InChI=1S/4C3H7NS2.2Mn/c4*1-4(2)3(5)6;;/h4*1-2H3,(H,5,6);;/q;;;;2*+2/p-4. The van der Waals surface area contributed by atoms with Gasteiger partial charge in [0.1, 0.15) is 0 Å². The van der Waals surface area contributed by atoms with Gasteiger partial charge in [0.15, 0.2) is 0 Å². The molecule has 0 saturated heterocycles. The van der Waals surface area contributed by atoms with Crippen LogP contribution in [0, 0.1) is 0 Å². The Morgan fingerprint density at radius 2 is 0.462 bits per heavy atom. The monoisotopic (exact) mass is 590 g/mol. The molecule has 0 heterocycles. The molecule has 0 aliphatic heterocycles. The van der Waals surface area contributed by atoms with E-state index in [9.17, 15) is 0 Å². The van der Waals surface area contributed by atoms with Crippen LogP contribution in [0.25, 0.3) is 0 Å². The van der Waals surface area contributed by atoms with Crippen LogP contribution in [0.4, 0.5) is 0 Å². The first-order chi connectivity index (χ1) is 10.6. The minimum atomic E-state index is 0. The van der Waals surface area contributed by atoms with Crippen LogP contribution in [0.3, 0.4) is 0 Å². The zero-order valence-electron chi connectivity index (χ0n) is 15.8. The van der Waals surface area contributed by atoms with Crippen molar-refractivity contribution in [3.63, 3.8) is 0 Å². The van der Waals surface area contributed by atoms with Gasteiger partial charge in [0.25, 0.3) is 0 Å². The summed E-state index contributed by atoms with van der Waals surface area (Å²) in [6.45, 7) is 0. The summed E-state index contributed by atoms with van der Waals surface area (Å²) >= 11 is 36.5. The van der Waals surface area contributed by atoms with Gasteiger partial charge in [-0.15, -0.1) is 0 Å². The summed E-state index contributed by atoms with van der Waals surface area (Å²) in [4.78, 5) is 6.85. The molecule has 26 heavy (non-hydrogen) atoms. The molecule has 0 saturated carbocycles. The van der Waals surface area contributed by atoms with Gasteiger partial charge in [-0.1, -0.05) is 17.3 Å². The molecule has 154 valence electrons. The zero-order chi connectivity index (χ0) is 20.6. The summed E-state index contributed by atoms with van der Waals surface area (Å²) in [5.41, 5.74) is 0. The van der Waals surface area contributed by atoms with Gasteiger partial charge in [-0.25, -0.2) is 0 Å². The molecule has 0 aliphatic carbocycles. The van der Waals surface area contributed by atoms with E-state index in [0.717, 1.165) is 0 Å². The minimum Gasteiger partial charge on any atom is -0.411 e. The number of hydrogen-bond acceptors (Lipinski definition) is 8. The smallest absolute Gasteiger partial charge is 0.411 e. The summed E-state index contributed by atoms with van der Waals surface area (Å²) in [7, 11) is 14.6. The maximum Gasteiger partial charge on any atom is 2.00 e. The Balaban J connectivity index is -0.0000000500. The van der Waals surface area contributed by atoms with Gasteiger partial charge in [-0.05, 0) is 0 Å². The second-order valence-electron chi connectivity index (χ2n) is 4.64. The molecule has 0 aliphatic rings. The van der Waals surface area contributed by atoms with E-state index in [2.05, 4.69) is 99.4 Å². The predicted molar refractivity (Wildman–Crippen MR) is 135 cm³/mol. The molecule has 14 heteroatoms. The van der Waals surface area contributed by atoms with E-state index in [1.165, 1.54) is 0 Å². The number of thiocarbonyl (C=S) groups is 4. The van der Waals surface area contributed by atoms with Gasteiger partial charge >= 0.3 is 34.1 Å². The quantitative estimate of drug-likeness (QED) is 0.231. The Kier molecular flexibility index (Phi) is 42.5. The van der Waals surface area contributed by atoms with E-state index in [1.807, 2.05) is 56.4 Å². The molecule has 0 rings (SSSR count). The van der Waals surface area contributed by atoms with Crippen molar-refractivity contribution >= 4 is 117 Å². The van der Waals surface area contributed by atoms with Crippen molar-refractivity contribution in [2.75, 3.05) is 56.4 Å². The number of nitrogens with zero attached hydrogens (tertiary/aromatic N) is 4. The van der Waals surface area contributed by atoms with Crippen LogP contribution in [-0.4, -0.2) is 93.3 Å². The normalized spacial score (nSPS) is 7.08. The van der Waals surface area contributed by atoms with Crippen molar-refractivity contribution in [2.45, 2.75) is 0 Å². The average Bonchev–Trinajstić information content (AvgIpc) is 2.40. The van der Waals surface area contributed by atoms with E-state index in [1.54, 1.807) is 19.6 Å². The summed E-state index contributed by atoms with van der Waals surface area (Å²) in [5.74, 6) is 0. The van der Waals surface area contributed by atoms with Crippen LogP contribution in [0.1, 0.15) is 0 Å². The van der Waals surface area contributed by atoms with E-state index in [-0.39, 0.29) is 34.1 Å². The van der Waals surface area contributed by atoms with E-state index >= 15 is 0 Å². The number of hydrogen-bond donors (Lipinski definition) is 0. The molecule has 0 N–H and O–H groups in total. The summed E-state index contributed by atoms with van der Waals surface area (Å²) in [5, 5.41) is 0. The van der Waals surface area contributed by atoms with Crippen molar-refractivity contribution in [3.8, 4) is 0 Å². The third-order valence-electron chi connectivity index (χ3n) is 1.46. The molecular weight excluding hydrogens is 567 g/mol. The first-order valence-electron chi connectivity index (χ1n) is 6.11. The summed E-state index contributed by atoms with van der Waals surface area (Å²) < 4.78 is 2.04. The van der Waals surface area contributed by atoms with Crippen LogP contribution in [0.15, 0.2) is 0 Å². The fraction of sp³-hybridized carbons (Fsp3) is 0.667. The first-order valence-corrected chi connectivity index (χ1v) is 9.37. The second-order valence-corrected chi connectivity index (χ2v) is 8.77. The van der Waals surface area contributed by atoms with E-state index < -0.39 is 0 Å². The molecule has 0 aromatic rings. The molecule has 0 bridgehead atoms. The molecule has 0 unspecified atom stereocenters. The van der Waals surface area contributed by atoms with E-state index in [0.29, 0.717) is 17.3 Å². The van der Waals surface area contributed by atoms with Crippen LogP contribution in [0.5, 0.6) is 0 Å². The Labute approximate surface area is 224 Å². The summed E-state index contributed by atoms with van der Waals surface area (Å²) in [6.07, 6.45) is 0. The Hall–Kier alpha value is 1.48. The largest absolute Gasteiger partial charge is 2.00 e. The van der Waals surface area contributed by atoms with Crippen molar-refractivity contribution < 1.29 is 34.1 Å². The van der Waals surface area contributed by atoms with E-state index in [4.69, 9.17) is 0 Å². The van der Waals surface area contributed by atoms with Crippen LogP contribution < -0.4 is 0 Å². The van der Waals surface area contributed by atoms with Crippen LogP contribution in [-0.2, 0) is 84.7 Å². The first kappa shape index (κ1) is 41.8. The van der Waals surface area contributed by atoms with Crippen molar-refractivity contribution in [1.29, 1.82) is 0 Å². The van der Waals surface area contributed by atoms with Crippen molar-refractivity contribution in [2.24, 2.45) is 0 Å². The van der Waals surface area contributed by atoms with Crippen molar-refractivity contribution in [3.05, 3.63) is 0 Å². The minimum absolute atomic E-state index is 0. The maximum absolute atomic E-state index is 4.56. The molecule has 0 aromatic heterocycles. The fourth-order valence-corrected chi connectivity index (χ4v) is 0. The Bertz CT molecular complexity index is 321. The number of rotatable bonds is 0. The third-order valence-corrected chi connectivity index (χ3v) is 4.38. The molecule has 2 radical (unpaired) electrons. The second kappa shape index (κ2) is 26.5. The third kappa shape index (κ3) is 50.0. The molecule has 4 nitrogen and oxygen atoms in total. The van der Waals surface area contributed by atoms with Gasteiger partial charge in [-0.2, -0.15) is 0 Å². The molecule has 0 spiro atoms. The molecule has 0 aromatic carbocycles. The molecule has 0 amide bonds. The van der Waals surface area contributed by atoms with Crippen LogP contribution in [0.2, 0.25) is 0 Å². The van der Waals surface area contributed by atoms with Gasteiger partial charge < -0.3 is 119 Å². The van der Waals surface area contributed by atoms with Crippen molar-refractivity contribution in [1.82, 2.24) is 19.6 Å². The van der Waals surface area contributed by atoms with Gasteiger partial charge in [0.05, 0.1) is 0 Å². The maximum atomic E-state index is 4.56. The van der Waals surface area contributed by atoms with Crippen LogP contribution >= 0.6 is 48.9 Å². The SMILES string of the molecule is CN(C)C(=S)[S-].CN(C)C(=S)[S-].CN(C)C(=S)[S-].CN(C)C(=S)[S-].[Mn+2].[Mn+2]. The fourth-order valence-electron chi connectivity index (χ4n) is 0. The van der Waals surface area contributed by atoms with Gasteiger partial charge in [0.2, 0.25) is 0 Å². The molecule has 0 fully saturated rings. The Morgan fingerprint density at radius 1 is 0.423 bits per heavy atom. The molecule has 0 atom stereocenters. The summed E-state index contributed by atoms with van der Waals surface area (Å²) in [6, 6.07) is 0. The zero-order valence-corrected chi connectivity index (χ0v) is 24.7. The average molecular weight is 591 g/mol. The van der Waals surface area contributed by atoms with Gasteiger partial charge in [-0.3, -0.25) is 0 Å².